The first-order chi connectivity index (χ1) is 22.2. The molecule has 11 heteroatoms. The van der Waals surface area contributed by atoms with Crippen LogP contribution in [0.3, 0.4) is 0 Å². The highest BCUT2D eigenvalue weighted by Crippen LogP contribution is 2.42. The zero-order valence-electron chi connectivity index (χ0n) is 27.3. The lowest BCUT2D eigenvalue weighted by atomic mass is 9.71. The minimum absolute atomic E-state index is 0.0332. The highest BCUT2D eigenvalue weighted by Gasteiger charge is 2.42. The largest absolute Gasteiger partial charge is 0.497 e. The lowest BCUT2D eigenvalue weighted by Crippen LogP contribution is -2.45. The summed E-state index contributed by atoms with van der Waals surface area (Å²) in [4.78, 5) is 49.5. The number of hydrogen-bond acceptors (Lipinski definition) is 9. The van der Waals surface area contributed by atoms with Crippen molar-refractivity contribution in [2.24, 2.45) is 5.92 Å². The molecule has 0 amide bonds. The molecule has 1 aliphatic carbocycles. The zero-order valence-corrected chi connectivity index (χ0v) is 27.3. The van der Waals surface area contributed by atoms with Crippen LogP contribution < -0.4 is 4.74 Å². The summed E-state index contributed by atoms with van der Waals surface area (Å²) in [7, 11) is 5.81. The number of nitrogens with zero attached hydrogens (tertiary/aromatic N) is 1. The topological polar surface area (TPSA) is 160 Å². The van der Waals surface area contributed by atoms with Gasteiger partial charge in [0.05, 0.1) is 23.8 Å². The summed E-state index contributed by atoms with van der Waals surface area (Å²) in [6.07, 6.45) is -0.200. The van der Waals surface area contributed by atoms with E-state index < -0.39 is 41.7 Å². The van der Waals surface area contributed by atoms with Gasteiger partial charge >= 0.3 is 23.9 Å². The van der Waals surface area contributed by atoms with Gasteiger partial charge in [0.15, 0.2) is 0 Å². The van der Waals surface area contributed by atoms with Gasteiger partial charge in [0.25, 0.3) is 0 Å². The number of hydrogen-bond donors (Lipinski definition) is 3. The van der Waals surface area contributed by atoms with E-state index in [9.17, 15) is 34.5 Å². The number of carbonyl (C=O) groups is 4. The molecule has 1 aliphatic rings. The van der Waals surface area contributed by atoms with Gasteiger partial charge in [-0.2, -0.15) is 0 Å². The standard InChI is InChI=1S/C20H18O8.C16H25NO2/c1-11-3-7-13(8-4-11)19(25)27-15(17(21)22)16(18(23)24)28-20(26)14-9-5-12(2)6-10-14;1-17(2)12-14-7-4-5-10-16(14,18)13-8-6-9-15(11-13)19-3/h3-10,15-16H,1-2H3,(H,21,22)(H,23,24);6,8-9,11,14,18H,4-5,7,10,12H2,1-3H3/t;14-,16+/m.1/s1. The van der Waals surface area contributed by atoms with Gasteiger partial charge in [0.1, 0.15) is 5.75 Å². The predicted molar refractivity (Wildman–Crippen MR) is 173 cm³/mol. The van der Waals surface area contributed by atoms with Crippen molar-refractivity contribution < 1.29 is 48.7 Å². The molecular formula is C36H43NO10. The maximum absolute atomic E-state index is 12.2. The van der Waals surface area contributed by atoms with Crippen LogP contribution >= 0.6 is 0 Å². The maximum atomic E-state index is 12.2. The van der Waals surface area contributed by atoms with Crippen LogP contribution in [0, 0.1) is 19.8 Å². The van der Waals surface area contributed by atoms with Crippen molar-refractivity contribution in [3.8, 4) is 5.75 Å². The number of carboxylic acids is 2. The van der Waals surface area contributed by atoms with Crippen LogP contribution in [0.15, 0.2) is 72.8 Å². The van der Waals surface area contributed by atoms with Gasteiger partial charge in [-0.3, -0.25) is 0 Å². The van der Waals surface area contributed by atoms with E-state index in [4.69, 9.17) is 14.2 Å². The molecule has 4 atom stereocenters. The van der Waals surface area contributed by atoms with Crippen molar-refractivity contribution in [1.29, 1.82) is 0 Å². The molecule has 3 N–H and O–H groups in total. The first kappa shape index (κ1) is 36.7. The van der Waals surface area contributed by atoms with E-state index in [0.29, 0.717) is 5.92 Å². The third-order valence-corrected chi connectivity index (χ3v) is 8.00. The molecule has 0 saturated heterocycles. The van der Waals surface area contributed by atoms with Gasteiger partial charge in [-0.1, -0.05) is 60.4 Å². The minimum atomic E-state index is -2.22. The van der Waals surface area contributed by atoms with Crippen molar-refractivity contribution >= 4 is 23.9 Å². The van der Waals surface area contributed by atoms with Crippen molar-refractivity contribution in [2.75, 3.05) is 27.7 Å². The molecule has 0 aliphatic heterocycles. The van der Waals surface area contributed by atoms with Gasteiger partial charge in [-0.15, -0.1) is 0 Å². The van der Waals surface area contributed by atoms with E-state index in [1.54, 1.807) is 45.2 Å². The second-order valence-corrected chi connectivity index (χ2v) is 11.9. The Morgan fingerprint density at radius 2 is 1.30 bits per heavy atom. The summed E-state index contributed by atoms with van der Waals surface area (Å²) in [6, 6.07) is 20.0. The number of aryl methyl sites for hydroxylation is 2. The normalized spacial score (nSPS) is 18.6. The number of carboxylic acid groups (broad SMARTS) is 2. The molecular weight excluding hydrogens is 606 g/mol. The summed E-state index contributed by atoms with van der Waals surface area (Å²) in [5, 5.41) is 29.8. The fourth-order valence-electron chi connectivity index (χ4n) is 5.41. The summed E-state index contributed by atoms with van der Waals surface area (Å²) in [5.74, 6) is -4.51. The molecule has 47 heavy (non-hydrogen) atoms. The first-order valence-corrected chi connectivity index (χ1v) is 15.3. The molecule has 3 aromatic carbocycles. The molecule has 0 bridgehead atoms. The molecule has 0 aromatic heterocycles. The number of aliphatic carboxylic acids is 2. The lowest BCUT2D eigenvalue weighted by Gasteiger charge is -2.41. The van der Waals surface area contributed by atoms with E-state index >= 15 is 0 Å². The van der Waals surface area contributed by atoms with Crippen LogP contribution in [-0.4, -0.2) is 84.1 Å². The Kier molecular flexibility index (Phi) is 13.1. The molecule has 2 unspecified atom stereocenters. The monoisotopic (exact) mass is 649 g/mol. The van der Waals surface area contributed by atoms with Crippen molar-refractivity contribution in [3.05, 3.63) is 101 Å². The minimum Gasteiger partial charge on any atom is -0.497 e. The number of carbonyl (C=O) groups excluding carboxylic acids is 2. The van der Waals surface area contributed by atoms with Crippen LogP contribution in [0.25, 0.3) is 0 Å². The maximum Gasteiger partial charge on any atom is 0.349 e. The van der Waals surface area contributed by atoms with Crippen molar-refractivity contribution in [3.63, 3.8) is 0 Å². The number of benzene rings is 3. The van der Waals surface area contributed by atoms with E-state index in [1.165, 1.54) is 30.7 Å². The second kappa shape index (κ2) is 16.7. The number of aliphatic hydroxyl groups is 1. The molecule has 0 radical (unpaired) electrons. The van der Waals surface area contributed by atoms with Gasteiger partial charge in [-0.05, 0) is 82.7 Å². The van der Waals surface area contributed by atoms with Crippen molar-refractivity contribution in [1.82, 2.24) is 4.90 Å². The smallest absolute Gasteiger partial charge is 0.349 e. The van der Waals surface area contributed by atoms with Gasteiger partial charge in [0, 0.05) is 12.5 Å². The van der Waals surface area contributed by atoms with Crippen LogP contribution in [0.4, 0.5) is 0 Å². The number of methoxy groups -OCH3 is 1. The summed E-state index contributed by atoms with van der Waals surface area (Å²) < 4.78 is 14.9. The summed E-state index contributed by atoms with van der Waals surface area (Å²) in [5.41, 5.74) is 2.08. The van der Waals surface area contributed by atoms with Gasteiger partial charge in [0.2, 0.25) is 12.2 Å². The predicted octanol–water partition coefficient (Wildman–Crippen LogP) is 4.86. The molecule has 1 fully saturated rings. The molecule has 252 valence electrons. The fraction of sp³-hybridized carbons (Fsp3) is 0.389. The fourth-order valence-corrected chi connectivity index (χ4v) is 5.41. The molecule has 4 rings (SSSR count). The van der Waals surface area contributed by atoms with E-state index in [1.807, 2.05) is 24.3 Å². The van der Waals surface area contributed by atoms with Gasteiger partial charge < -0.3 is 34.4 Å². The Morgan fingerprint density at radius 1 is 0.809 bits per heavy atom. The Bertz CT molecular complexity index is 1440. The first-order valence-electron chi connectivity index (χ1n) is 15.3. The number of esters is 2. The number of ether oxygens (including phenoxy) is 3. The highest BCUT2D eigenvalue weighted by molar-refractivity contribution is 5.95. The van der Waals surface area contributed by atoms with Gasteiger partial charge in [-0.25, -0.2) is 19.2 Å². The zero-order chi connectivity index (χ0) is 34.7. The Balaban J connectivity index is 0.000000274. The third kappa shape index (κ3) is 10.1. The van der Waals surface area contributed by atoms with E-state index in [2.05, 4.69) is 19.0 Å². The average molecular weight is 650 g/mol. The molecule has 0 heterocycles. The summed E-state index contributed by atoms with van der Waals surface area (Å²) in [6.45, 7) is 4.51. The quantitative estimate of drug-likeness (QED) is 0.244. The third-order valence-electron chi connectivity index (χ3n) is 8.00. The molecule has 1 saturated carbocycles. The van der Waals surface area contributed by atoms with Crippen LogP contribution in [0.2, 0.25) is 0 Å². The van der Waals surface area contributed by atoms with E-state index in [0.717, 1.165) is 48.2 Å². The van der Waals surface area contributed by atoms with E-state index in [-0.39, 0.29) is 11.1 Å². The van der Waals surface area contributed by atoms with Crippen LogP contribution in [0.1, 0.15) is 63.1 Å². The molecule has 11 nitrogen and oxygen atoms in total. The summed E-state index contributed by atoms with van der Waals surface area (Å²) >= 11 is 0. The molecule has 3 aromatic rings. The highest BCUT2D eigenvalue weighted by atomic mass is 16.6. The Morgan fingerprint density at radius 3 is 1.72 bits per heavy atom. The van der Waals surface area contributed by atoms with Crippen LogP contribution in [0.5, 0.6) is 5.75 Å². The van der Waals surface area contributed by atoms with Crippen LogP contribution in [-0.2, 0) is 24.7 Å². The Labute approximate surface area is 274 Å². The molecule has 0 spiro atoms. The number of rotatable bonds is 11. The SMILES string of the molecule is COc1cccc([C@@]2(O)CCCC[C@@H]2CN(C)C)c1.Cc1ccc(C(=O)OC(C(=O)O)C(OC(=O)c2ccc(C)cc2)C(=O)O)cc1. The average Bonchev–Trinajstić information content (AvgIpc) is 3.04. The second-order valence-electron chi connectivity index (χ2n) is 11.9. The van der Waals surface area contributed by atoms with Crippen molar-refractivity contribution in [2.45, 2.75) is 57.3 Å². The lowest BCUT2D eigenvalue weighted by molar-refractivity contribution is -0.166. The Hall–Kier alpha value is -4.74.